The van der Waals surface area contributed by atoms with Gasteiger partial charge in [-0.15, -0.1) is 0 Å². The molecule has 0 radical (unpaired) electrons. The van der Waals surface area contributed by atoms with Crippen LogP contribution < -0.4 is 20.9 Å². The lowest BCUT2D eigenvalue weighted by atomic mass is 9.89. The molecule has 184 valence electrons. The number of pyridine rings is 1. The topological polar surface area (TPSA) is 103 Å². The molecule has 2 fully saturated rings. The molecule has 2 aliphatic heterocycles. The molecule has 0 bridgehead atoms. The van der Waals surface area contributed by atoms with Crippen LogP contribution in [0.25, 0.3) is 11.1 Å². The van der Waals surface area contributed by atoms with E-state index in [-0.39, 0.29) is 24.4 Å². The Bertz CT molecular complexity index is 1310. The van der Waals surface area contributed by atoms with Gasteiger partial charge in [-0.3, -0.25) is 20.2 Å². The molecule has 4 amide bonds. The van der Waals surface area contributed by atoms with Gasteiger partial charge in [0.2, 0.25) is 11.8 Å². The maximum absolute atomic E-state index is 14.8. The van der Waals surface area contributed by atoms with E-state index in [4.69, 9.17) is 0 Å². The average molecular weight is 491 g/mol. The minimum absolute atomic E-state index is 0.0324. The monoisotopic (exact) mass is 491 g/mol. The first-order chi connectivity index (χ1) is 17.4. The number of hydrogen-bond acceptors (Lipinski definition) is 5. The molecule has 0 unspecified atom stereocenters. The van der Waals surface area contributed by atoms with Crippen molar-refractivity contribution in [2.24, 2.45) is 0 Å². The number of hydrogen-bond donors (Lipinski definition) is 3. The van der Waals surface area contributed by atoms with Crippen LogP contribution in [-0.4, -0.2) is 42.0 Å². The van der Waals surface area contributed by atoms with E-state index in [1.807, 2.05) is 36.4 Å². The third-order valence-corrected chi connectivity index (χ3v) is 6.34. The van der Waals surface area contributed by atoms with Crippen molar-refractivity contribution >= 4 is 29.4 Å². The molecule has 1 atom stereocenters. The molecule has 2 aliphatic rings. The van der Waals surface area contributed by atoms with Crippen molar-refractivity contribution in [2.45, 2.75) is 24.8 Å². The second kappa shape index (κ2) is 9.73. The van der Waals surface area contributed by atoms with Crippen LogP contribution in [0.15, 0.2) is 60.8 Å². The van der Waals surface area contributed by atoms with Crippen molar-refractivity contribution in [2.75, 3.05) is 23.3 Å². The van der Waals surface area contributed by atoms with Gasteiger partial charge in [0.05, 0.1) is 12.0 Å². The second-order valence-corrected chi connectivity index (χ2v) is 8.82. The van der Waals surface area contributed by atoms with E-state index in [0.29, 0.717) is 24.6 Å². The van der Waals surface area contributed by atoms with Gasteiger partial charge in [-0.25, -0.2) is 18.6 Å². The maximum Gasteiger partial charge on any atom is 0.320 e. The molecule has 0 aliphatic carbocycles. The first-order valence-electron chi connectivity index (χ1n) is 11.5. The number of imide groups is 1. The van der Waals surface area contributed by atoms with E-state index in [9.17, 15) is 23.2 Å². The van der Waals surface area contributed by atoms with Gasteiger partial charge in [0.15, 0.2) is 0 Å². The highest BCUT2D eigenvalue weighted by Crippen LogP contribution is 2.33. The van der Waals surface area contributed by atoms with Crippen molar-refractivity contribution < 1.29 is 23.2 Å². The third kappa shape index (κ3) is 4.88. The molecular weight excluding hydrogens is 468 g/mol. The van der Waals surface area contributed by atoms with Crippen molar-refractivity contribution in [3.8, 4) is 11.1 Å². The van der Waals surface area contributed by atoms with E-state index < -0.39 is 35.4 Å². The lowest BCUT2D eigenvalue weighted by molar-refractivity contribution is -0.134. The molecule has 0 spiro atoms. The standard InChI is InChI=1S/C26H23F2N5O3/c27-20-11-18(12-21(28)24(20)19-6-7-23(34)32-25(19)35)33-13-17(14-33)30-26(36)31-22-10-16(8-9-29-22)15-4-2-1-3-5-15/h1-5,8-12,17,19H,6-7,13-14H2,(H,32,34,35)(H2,29,30,31,36)/t19-/m1/s1. The zero-order chi connectivity index (χ0) is 25.2. The fourth-order valence-corrected chi connectivity index (χ4v) is 4.48. The Morgan fingerprint density at radius 2 is 1.72 bits per heavy atom. The number of amides is 4. The highest BCUT2D eigenvalue weighted by molar-refractivity contribution is 6.01. The van der Waals surface area contributed by atoms with Crippen LogP contribution in [0.4, 0.5) is 25.1 Å². The van der Waals surface area contributed by atoms with Crippen LogP contribution in [-0.2, 0) is 9.59 Å². The Balaban J connectivity index is 1.17. The molecule has 0 saturated carbocycles. The summed E-state index contributed by atoms with van der Waals surface area (Å²) in [5.74, 6) is -3.45. The summed E-state index contributed by atoms with van der Waals surface area (Å²) < 4.78 is 29.5. The Kier molecular flexibility index (Phi) is 6.32. The minimum Gasteiger partial charge on any atom is -0.367 e. The molecule has 3 aromatic rings. The van der Waals surface area contributed by atoms with Crippen molar-refractivity contribution in [1.82, 2.24) is 15.6 Å². The Hall–Kier alpha value is -4.34. The molecule has 2 saturated heterocycles. The summed E-state index contributed by atoms with van der Waals surface area (Å²) in [6.07, 6.45) is 1.71. The number of nitrogens with zero attached hydrogens (tertiary/aromatic N) is 2. The quantitative estimate of drug-likeness (QED) is 0.474. The summed E-state index contributed by atoms with van der Waals surface area (Å²) in [5, 5.41) is 7.66. The first-order valence-corrected chi connectivity index (χ1v) is 11.5. The normalized spacial score (nSPS) is 17.8. The molecule has 3 heterocycles. The Morgan fingerprint density at radius 1 is 1.00 bits per heavy atom. The molecular formula is C26H23F2N5O3. The van der Waals surface area contributed by atoms with Crippen molar-refractivity contribution in [1.29, 1.82) is 0 Å². The highest BCUT2D eigenvalue weighted by atomic mass is 19.1. The van der Waals surface area contributed by atoms with Crippen LogP contribution in [0.3, 0.4) is 0 Å². The molecule has 2 aromatic carbocycles. The average Bonchev–Trinajstić information content (AvgIpc) is 2.82. The van der Waals surface area contributed by atoms with Crippen LogP contribution >= 0.6 is 0 Å². The number of piperidine rings is 1. The summed E-state index contributed by atoms with van der Waals surface area (Å²) in [4.78, 5) is 41.7. The molecule has 5 rings (SSSR count). The number of carbonyl (C=O) groups is 3. The first kappa shape index (κ1) is 23.4. The molecule has 10 heteroatoms. The SMILES string of the molecule is O=C1CC[C@H](c2c(F)cc(N3CC(NC(=O)Nc4cc(-c5ccccc5)ccn4)C3)cc2F)C(=O)N1. The van der Waals surface area contributed by atoms with E-state index in [1.165, 1.54) is 12.1 Å². The number of nitrogens with one attached hydrogen (secondary N) is 3. The van der Waals surface area contributed by atoms with Gasteiger partial charge in [-0.05, 0) is 41.8 Å². The molecule has 3 N–H and O–H groups in total. The van der Waals surface area contributed by atoms with Gasteiger partial charge in [-0.2, -0.15) is 0 Å². The van der Waals surface area contributed by atoms with Gasteiger partial charge in [0.1, 0.15) is 17.5 Å². The number of rotatable bonds is 5. The zero-order valence-corrected chi connectivity index (χ0v) is 19.1. The Morgan fingerprint density at radius 3 is 2.42 bits per heavy atom. The number of urea groups is 1. The number of anilines is 2. The van der Waals surface area contributed by atoms with Crippen LogP contribution in [0.2, 0.25) is 0 Å². The van der Waals surface area contributed by atoms with Crippen molar-refractivity contribution in [3.63, 3.8) is 0 Å². The smallest absolute Gasteiger partial charge is 0.320 e. The predicted molar refractivity (Wildman–Crippen MR) is 129 cm³/mol. The minimum atomic E-state index is -1.04. The van der Waals surface area contributed by atoms with E-state index in [1.54, 1.807) is 17.2 Å². The fraction of sp³-hybridized carbons (Fsp3) is 0.231. The summed E-state index contributed by atoms with van der Waals surface area (Å²) in [6.45, 7) is 0.725. The summed E-state index contributed by atoms with van der Waals surface area (Å²) in [6, 6.07) is 15.0. The van der Waals surface area contributed by atoms with Crippen LogP contribution in [0.5, 0.6) is 0 Å². The number of aromatic nitrogens is 1. The van der Waals surface area contributed by atoms with E-state index >= 15 is 0 Å². The fourth-order valence-electron chi connectivity index (χ4n) is 4.48. The maximum atomic E-state index is 14.8. The largest absolute Gasteiger partial charge is 0.367 e. The molecule has 36 heavy (non-hydrogen) atoms. The number of halogens is 2. The number of benzene rings is 2. The van der Waals surface area contributed by atoms with Gasteiger partial charge in [-0.1, -0.05) is 30.3 Å². The van der Waals surface area contributed by atoms with Crippen molar-refractivity contribution in [3.05, 3.63) is 78.0 Å². The predicted octanol–water partition coefficient (Wildman–Crippen LogP) is 3.56. The van der Waals surface area contributed by atoms with Gasteiger partial charge in [0.25, 0.3) is 0 Å². The zero-order valence-electron chi connectivity index (χ0n) is 19.1. The van der Waals surface area contributed by atoms with E-state index in [0.717, 1.165) is 11.1 Å². The summed E-state index contributed by atoms with van der Waals surface area (Å²) in [7, 11) is 0. The summed E-state index contributed by atoms with van der Waals surface area (Å²) in [5.41, 5.74) is 1.90. The second-order valence-electron chi connectivity index (χ2n) is 8.82. The molecule has 1 aromatic heterocycles. The Labute approximate surface area is 205 Å². The van der Waals surface area contributed by atoms with Gasteiger partial charge in [0, 0.05) is 37.0 Å². The lowest BCUT2D eigenvalue weighted by Crippen LogP contribution is -2.60. The van der Waals surface area contributed by atoms with Gasteiger partial charge >= 0.3 is 6.03 Å². The van der Waals surface area contributed by atoms with E-state index in [2.05, 4.69) is 20.9 Å². The van der Waals surface area contributed by atoms with Gasteiger partial charge < -0.3 is 10.2 Å². The van der Waals surface area contributed by atoms with Crippen LogP contribution in [0.1, 0.15) is 24.3 Å². The molecule has 8 nitrogen and oxygen atoms in total. The number of carbonyl (C=O) groups excluding carboxylic acids is 3. The third-order valence-electron chi connectivity index (χ3n) is 6.34. The summed E-state index contributed by atoms with van der Waals surface area (Å²) >= 11 is 0. The highest BCUT2D eigenvalue weighted by Gasteiger charge is 2.34. The van der Waals surface area contributed by atoms with Crippen LogP contribution in [0, 0.1) is 11.6 Å². The lowest BCUT2D eigenvalue weighted by Gasteiger charge is -2.41.